The molecule has 0 N–H and O–H groups in total. The smallest absolute Gasteiger partial charge is 0.0840 e. The summed E-state index contributed by atoms with van der Waals surface area (Å²) >= 11 is 0. The highest BCUT2D eigenvalue weighted by atomic mass is 32.2. The van der Waals surface area contributed by atoms with E-state index in [0.29, 0.717) is 0 Å². The molecule has 0 heterocycles. The predicted octanol–water partition coefficient (Wildman–Crippen LogP) is 6.81. The van der Waals surface area contributed by atoms with E-state index in [4.69, 9.17) is 0 Å². The average Bonchev–Trinajstić information content (AvgIpc) is 2.57. The summed E-state index contributed by atoms with van der Waals surface area (Å²) in [4.78, 5) is 4.13. The molecule has 0 aromatic heterocycles. The second kappa shape index (κ2) is 7.93. The number of hydrogen-bond acceptors (Lipinski definition) is 0. The van der Waals surface area contributed by atoms with E-state index in [9.17, 15) is 0 Å². The number of hydrogen-bond donors (Lipinski definition) is 0. The Hall–Kier alpha value is -1.99. The van der Waals surface area contributed by atoms with Gasteiger partial charge in [0, 0.05) is 0 Å². The van der Waals surface area contributed by atoms with Crippen LogP contribution in [0.5, 0.6) is 0 Å². The first-order valence-electron chi connectivity index (χ1n) is 8.99. The average molecular weight is 348 g/mol. The summed E-state index contributed by atoms with van der Waals surface area (Å²) in [6.45, 7) is 6.80. The maximum atomic E-state index is 2.32. The highest BCUT2D eigenvalue weighted by Gasteiger charge is 2.29. The molecule has 0 radical (unpaired) electrons. The third kappa shape index (κ3) is 4.55. The van der Waals surface area contributed by atoms with Gasteiger partial charge in [-0.25, -0.2) is 0 Å². The molecule has 128 valence electrons. The van der Waals surface area contributed by atoms with Crippen molar-refractivity contribution in [1.82, 2.24) is 0 Å². The fraction of sp³-hybridized carbons (Fsp3) is 0.250. The van der Waals surface area contributed by atoms with Crippen molar-refractivity contribution in [2.45, 2.75) is 48.8 Å². The molecule has 25 heavy (non-hydrogen) atoms. The third-order valence-corrected chi connectivity index (χ3v) is 6.58. The normalized spacial score (nSPS) is 16.0. The Morgan fingerprint density at radius 1 is 0.760 bits per heavy atom. The van der Waals surface area contributed by atoms with Crippen molar-refractivity contribution in [1.29, 1.82) is 0 Å². The van der Waals surface area contributed by atoms with E-state index < -0.39 is 0 Å². The van der Waals surface area contributed by atoms with Crippen molar-refractivity contribution in [3.63, 3.8) is 0 Å². The van der Waals surface area contributed by atoms with E-state index in [-0.39, 0.29) is 16.3 Å². The lowest BCUT2D eigenvalue weighted by Gasteiger charge is -2.19. The summed E-state index contributed by atoms with van der Waals surface area (Å²) in [6.07, 6.45) is 13.6. The highest BCUT2D eigenvalue weighted by molar-refractivity contribution is 8.00. The van der Waals surface area contributed by atoms with Crippen molar-refractivity contribution in [2.75, 3.05) is 0 Å². The number of benzene rings is 2. The molecule has 0 amide bonds. The van der Waals surface area contributed by atoms with Crippen LogP contribution in [0.3, 0.4) is 0 Å². The van der Waals surface area contributed by atoms with Crippen molar-refractivity contribution in [3.8, 4) is 0 Å². The molecular weight excluding hydrogens is 320 g/mol. The Kier molecular flexibility index (Phi) is 5.65. The van der Waals surface area contributed by atoms with Crippen LogP contribution in [0, 0.1) is 0 Å². The van der Waals surface area contributed by atoms with Gasteiger partial charge in [0.25, 0.3) is 0 Å². The molecule has 0 nitrogen and oxygen atoms in total. The lowest BCUT2D eigenvalue weighted by atomic mass is 9.87. The van der Waals surface area contributed by atoms with E-state index >= 15 is 0 Å². The van der Waals surface area contributed by atoms with Gasteiger partial charge in [0.2, 0.25) is 0 Å². The van der Waals surface area contributed by atoms with E-state index in [2.05, 4.69) is 106 Å². The summed E-state index contributed by atoms with van der Waals surface area (Å²) in [5.74, 6) is 0. The Morgan fingerprint density at radius 2 is 1.40 bits per heavy atom. The van der Waals surface area contributed by atoms with Crippen LogP contribution in [0.2, 0.25) is 0 Å². The van der Waals surface area contributed by atoms with Crippen LogP contribution in [0.1, 0.15) is 39.2 Å². The minimum atomic E-state index is -0.0685. The summed E-state index contributed by atoms with van der Waals surface area (Å²) in [6, 6.07) is 20.1. The zero-order valence-corrected chi connectivity index (χ0v) is 16.2. The van der Waals surface area contributed by atoms with Gasteiger partial charge < -0.3 is 0 Å². The molecule has 0 spiro atoms. The van der Waals surface area contributed by atoms with Gasteiger partial charge in [0.1, 0.15) is 0 Å². The van der Waals surface area contributed by atoms with E-state index in [1.54, 1.807) is 0 Å². The van der Waals surface area contributed by atoms with Gasteiger partial charge in [-0.05, 0) is 60.2 Å². The first kappa shape index (κ1) is 17.8. The van der Waals surface area contributed by atoms with Crippen LogP contribution in [0.25, 0.3) is 0 Å². The predicted molar refractivity (Wildman–Crippen MR) is 111 cm³/mol. The highest BCUT2D eigenvalue weighted by Crippen LogP contribution is 2.33. The first-order chi connectivity index (χ1) is 12.1. The van der Waals surface area contributed by atoms with Gasteiger partial charge in [0.15, 0.2) is 14.7 Å². The summed E-state index contributed by atoms with van der Waals surface area (Å²) < 4.78 is 0. The van der Waals surface area contributed by atoms with Crippen molar-refractivity contribution in [2.24, 2.45) is 0 Å². The van der Waals surface area contributed by atoms with Crippen LogP contribution in [-0.2, 0) is 16.3 Å². The quantitative estimate of drug-likeness (QED) is 0.535. The molecule has 0 saturated heterocycles. The van der Waals surface area contributed by atoms with Gasteiger partial charge in [-0.15, -0.1) is 0 Å². The molecule has 1 aliphatic carbocycles. The van der Waals surface area contributed by atoms with Gasteiger partial charge in [-0.1, -0.05) is 69.3 Å². The molecule has 3 rings (SSSR count). The largest absolute Gasteiger partial charge is 0.166 e. The Morgan fingerprint density at radius 3 is 2.08 bits per heavy atom. The van der Waals surface area contributed by atoms with Crippen LogP contribution >= 0.6 is 0 Å². The zero-order chi connectivity index (χ0) is 17.7. The standard InChI is InChI=1S/C24H27S/c1-24(2,3)20-16-18-23(19-17-20)25(22-14-10-7-11-15-22)21-12-8-5-4-6-9-13-21/h5,7-19H,4,6H2,1-3H3/q+1. The molecule has 0 bridgehead atoms. The lowest BCUT2D eigenvalue weighted by Crippen LogP contribution is -2.12. The molecule has 1 atom stereocenters. The van der Waals surface area contributed by atoms with Crippen LogP contribution in [-0.4, -0.2) is 0 Å². The molecule has 2 aromatic carbocycles. The van der Waals surface area contributed by atoms with Gasteiger partial charge in [-0.3, -0.25) is 0 Å². The first-order valence-corrected chi connectivity index (χ1v) is 10.2. The summed E-state index contributed by atoms with van der Waals surface area (Å²) in [7, 11) is -0.0685. The minimum absolute atomic E-state index is 0.0685. The molecule has 2 aromatic rings. The van der Waals surface area contributed by atoms with Crippen molar-refractivity contribution in [3.05, 3.63) is 95.4 Å². The van der Waals surface area contributed by atoms with Gasteiger partial charge >= 0.3 is 0 Å². The maximum Gasteiger partial charge on any atom is 0.166 e. The van der Waals surface area contributed by atoms with E-state index in [1.807, 2.05) is 0 Å². The zero-order valence-electron chi connectivity index (χ0n) is 15.4. The van der Waals surface area contributed by atoms with Gasteiger partial charge in [-0.2, -0.15) is 0 Å². The van der Waals surface area contributed by atoms with Crippen molar-refractivity contribution >= 4 is 10.9 Å². The second-order valence-electron chi connectivity index (χ2n) is 7.37. The van der Waals surface area contributed by atoms with Crippen LogP contribution < -0.4 is 0 Å². The fourth-order valence-electron chi connectivity index (χ4n) is 2.90. The number of allylic oxidation sites excluding steroid dienone is 5. The van der Waals surface area contributed by atoms with Crippen LogP contribution in [0.15, 0.2) is 99.7 Å². The number of rotatable bonds is 3. The molecule has 0 aliphatic heterocycles. The Bertz CT molecular complexity index is 771. The topological polar surface area (TPSA) is 0 Å². The van der Waals surface area contributed by atoms with E-state index in [1.165, 1.54) is 20.3 Å². The second-order valence-corrected chi connectivity index (χ2v) is 9.40. The molecule has 0 fully saturated rings. The third-order valence-electron chi connectivity index (χ3n) is 4.35. The fourth-order valence-corrected chi connectivity index (χ4v) is 5.00. The molecule has 1 aliphatic rings. The SMILES string of the molecule is CC(C)(C)c1ccc([S+](C2=CC=CCCC=C2)c2ccccc2)cc1. The Labute approximate surface area is 155 Å². The Balaban J connectivity index is 2.05. The summed E-state index contributed by atoms with van der Waals surface area (Å²) in [5, 5.41) is 0. The molecule has 1 unspecified atom stereocenters. The van der Waals surface area contributed by atoms with Gasteiger partial charge in [0.05, 0.1) is 10.9 Å². The van der Waals surface area contributed by atoms with E-state index in [0.717, 1.165) is 12.8 Å². The monoisotopic (exact) mass is 347 g/mol. The molecular formula is C24H27S+. The summed E-state index contributed by atoms with van der Waals surface area (Å²) in [5.41, 5.74) is 1.57. The minimum Gasteiger partial charge on any atom is -0.0840 e. The lowest BCUT2D eigenvalue weighted by molar-refractivity contribution is 0.589. The molecule has 1 heteroatoms. The molecule has 0 saturated carbocycles. The van der Waals surface area contributed by atoms with Crippen LogP contribution in [0.4, 0.5) is 0 Å². The van der Waals surface area contributed by atoms with Crippen molar-refractivity contribution < 1.29 is 0 Å². The maximum absolute atomic E-state index is 2.32.